The molecule has 19 heteroatoms. The lowest BCUT2D eigenvalue weighted by Crippen LogP contribution is -2.71. The van der Waals surface area contributed by atoms with E-state index in [-0.39, 0.29) is 29.3 Å². The van der Waals surface area contributed by atoms with Crippen LogP contribution in [0, 0.1) is 0 Å². The Morgan fingerprint density at radius 3 is 1.19 bits per heavy atom. The molecule has 730 valence electrons. The predicted octanol–water partition coefficient (Wildman–Crippen LogP) is 18.0. The largest absolute Gasteiger partial charge is 0.395 e. The van der Waals surface area contributed by atoms with Crippen LogP contribution < -0.4 is 5.32 Å². The predicted molar refractivity (Wildman–Crippen MR) is 530 cm³/mol. The van der Waals surface area contributed by atoms with Gasteiger partial charge in [0.25, 0.3) is 0 Å². The molecule has 0 spiro atoms. The van der Waals surface area contributed by atoms with Gasteiger partial charge in [0.1, 0.15) is 0 Å². The minimum absolute atomic E-state index is 0.0942. The Hall–Kier alpha value is -0.760. The first kappa shape index (κ1) is 113. The third-order valence-corrected chi connectivity index (χ3v) is 34.6. The monoisotopic (exact) mass is 1740 g/mol. The smallest absolute Gasteiger partial charge is 0.0991 e. The molecule has 0 aromatic heterocycles. The first-order valence-corrected chi connectivity index (χ1v) is 53.3. The molecule has 123 heavy (non-hydrogen) atoms. The van der Waals surface area contributed by atoms with Gasteiger partial charge in [-0.2, -0.15) is 0 Å². The first-order valence-electron chi connectivity index (χ1n) is 53.3. The van der Waals surface area contributed by atoms with Crippen LogP contribution in [0.15, 0.2) is 0 Å². The Bertz CT molecular complexity index is 2630. The van der Waals surface area contributed by atoms with Crippen molar-refractivity contribution in [3.8, 4) is 0 Å². The third-order valence-electron chi connectivity index (χ3n) is 34.6. The molecule has 9 unspecified atom stereocenters. The van der Waals surface area contributed by atoms with Crippen LogP contribution in [-0.4, -0.2) is 378 Å². The average Bonchev–Trinajstić information content (AvgIpc) is 1.52. The highest BCUT2D eigenvalue weighted by Crippen LogP contribution is 2.47. The van der Waals surface area contributed by atoms with Crippen molar-refractivity contribution in [1.82, 2.24) is 69.0 Å². The number of nitrogens with one attached hydrogen (secondary N) is 1. The second-order valence-electron chi connectivity index (χ2n) is 41.8. The van der Waals surface area contributed by atoms with E-state index in [4.69, 9.17) is 14.6 Å². The molecular formula is C104H214N14O5. The highest BCUT2D eigenvalue weighted by Gasteiger charge is 2.55. The Kier molecular flexibility index (Phi) is 52.3. The summed E-state index contributed by atoms with van der Waals surface area (Å²) >= 11 is 0. The van der Waals surface area contributed by atoms with Gasteiger partial charge in [0.05, 0.1) is 38.2 Å². The third kappa shape index (κ3) is 28.4. The lowest BCUT2D eigenvalue weighted by molar-refractivity contribution is -0.125. The molecule has 0 amide bonds. The quantitative estimate of drug-likeness (QED) is 0.0486. The lowest BCUT2D eigenvalue weighted by Gasteiger charge is -2.60. The van der Waals surface area contributed by atoms with Crippen molar-refractivity contribution in [3.05, 3.63) is 0 Å². The molecule has 4 N–H and O–H groups in total. The van der Waals surface area contributed by atoms with E-state index in [0.717, 1.165) is 83.1 Å². The van der Waals surface area contributed by atoms with Crippen molar-refractivity contribution < 1.29 is 24.8 Å². The summed E-state index contributed by atoms with van der Waals surface area (Å²) in [5.74, 6) is 0. The van der Waals surface area contributed by atoms with Gasteiger partial charge >= 0.3 is 0 Å². The first-order chi connectivity index (χ1) is 59.1. The van der Waals surface area contributed by atoms with Gasteiger partial charge in [-0.3, -0.25) is 58.8 Å². The van der Waals surface area contributed by atoms with Gasteiger partial charge in [0.2, 0.25) is 0 Å². The number of aliphatic hydroxyl groups is 3. The Labute approximate surface area is 764 Å². The normalized spacial score (nSPS) is 29.6. The number of hydrogen-bond donors (Lipinski definition) is 4. The summed E-state index contributed by atoms with van der Waals surface area (Å²) in [6, 6.07) is 4.70. The molecule has 9 atom stereocenters. The minimum atomic E-state index is -0.174. The van der Waals surface area contributed by atoms with Crippen LogP contribution in [0.2, 0.25) is 0 Å². The Morgan fingerprint density at radius 1 is 0.398 bits per heavy atom. The molecule has 11 fully saturated rings. The standard InChI is InChI=1S/C19H38N2O.C17H34N2O.C16H32N2.C15H30N2O.C13H28N2O2.2C12H26N2/c1-6-10-19(11-7-2)17(20-12-8-9-13-20)14-16(22)15-21(19)18(3,4)5;1-3-9-17(10-4-2)16(18-11-5-6-12-18)8-7-13-19(17)14-15-20;1-4-16(5-2)15(11-10-14-18(16)6-3)17-12-8-7-9-13-17;1-4-15(5-2)14(16-10-6-7-11-16)9-8-12-17(15)13-18-3;1-5-13(11-17-4)12(14(2)9-10-16)7-6-8-15(13)3;1-6-13(5)11-9-8-10-14(7-2)12(11,3)4;1-5-12(6-2)11(13-4)9-8-10-14(12)7-3/h16-17,22H,6-15H2,1-5H3;16,20H,3-15H2,1-2H3;15H,4-14H2,1-3H3;14H,4-13H2,1-3H3;12,16H,5-11H2,1-4H3;11H,6-10H2,1-5H3;11,13H,5-10H2,1-4H3. The molecule has 0 aromatic carbocycles. The highest BCUT2D eigenvalue weighted by atomic mass is 16.5. The number of likely N-dealkylation sites (tertiary alicyclic amines) is 11. The maximum Gasteiger partial charge on any atom is 0.0991 e. The van der Waals surface area contributed by atoms with E-state index < -0.39 is 0 Å². The maximum atomic E-state index is 10.6. The van der Waals surface area contributed by atoms with Crippen LogP contribution >= 0.6 is 0 Å². The summed E-state index contributed by atoms with van der Waals surface area (Å²) in [5.41, 5.74) is 2.35. The fraction of sp³-hybridized carbons (Fsp3) is 1.00. The molecule has 11 rings (SSSR count). The van der Waals surface area contributed by atoms with Crippen LogP contribution in [0.4, 0.5) is 0 Å². The molecule has 11 saturated heterocycles. The maximum absolute atomic E-state index is 10.6. The fourth-order valence-electron chi connectivity index (χ4n) is 28.3. The second kappa shape index (κ2) is 57.1. The topological polar surface area (TPSA) is 133 Å². The summed E-state index contributed by atoms with van der Waals surface area (Å²) in [6.45, 7) is 73.8. The van der Waals surface area contributed by atoms with Crippen molar-refractivity contribution >= 4 is 0 Å². The van der Waals surface area contributed by atoms with E-state index >= 15 is 0 Å². The average molecular weight is 1740 g/mol. The molecular weight excluding hydrogens is 1530 g/mol. The van der Waals surface area contributed by atoms with Crippen LogP contribution in [0.25, 0.3) is 0 Å². The number of piperidine rings is 8. The number of nitrogens with zero attached hydrogens (tertiary/aromatic N) is 13. The summed E-state index contributed by atoms with van der Waals surface area (Å²) in [4.78, 5) is 34.3. The SMILES string of the molecule is CCC1(CC)C(N2CCCC2)CCCN1COC.CCC1(COC)C(N(C)CCO)CCCN1C.CCCC1(CCC)C(N2CCCC2)CC(O)CN1C(C)(C)C.CCCC1(CCC)C(N2CCCC2)CCCN1CCO.CCN(C)C1CCCN(CC)C1(C)C.CCN1CCCC(N2CCCCC2)C1(CC)CC.CCN1CCCC(NC)C1(CC)CC. The number of aliphatic hydroxyl groups excluding tert-OH is 3. The van der Waals surface area contributed by atoms with Gasteiger partial charge in [-0.25, -0.2) is 0 Å². The van der Waals surface area contributed by atoms with Gasteiger partial charge in [-0.05, 0) is 380 Å². The molecule has 0 saturated carbocycles. The van der Waals surface area contributed by atoms with Crippen molar-refractivity contribution in [1.29, 1.82) is 0 Å². The minimum Gasteiger partial charge on any atom is -0.395 e. The van der Waals surface area contributed by atoms with Crippen molar-refractivity contribution in [2.24, 2.45) is 0 Å². The molecule has 11 aliphatic heterocycles. The van der Waals surface area contributed by atoms with Gasteiger partial charge in [0.15, 0.2) is 0 Å². The summed E-state index contributed by atoms with van der Waals surface area (Å²) in [5, 5.41) is 32.7. The highest BCUT2D eigenvalue weighted by molar-refractivity contribution is 5.12. The van der Waals surface area contributed by atoms with Gasteiger partial charge in [-0.1, -0.05) is 136 Å². The number of likely N-dealkylation sites (N-methyl/N-ethyl adjacent to an activating group) is 7. The number of β-amino-alcohol motifs (C(OH)–C–C–N with tert-alkyl or cyclic N) is 2. The van der Waals surface area contributed by atoms with E-state index in [9.17, 15) is 10.2 Å². The fourth-order valence-corrected chi connectivity index (χ4v) is 28.3. The zero-order valence-electron chi connectivity index (χ0n) is 86.9. The van der Waals surface area contributed by atoms with E-state index in [1.165, 1.54) is 329 Å². The van der Waals surface area contributed by atoms with E-state index in [2.05, 4.69) is 236 Å². The number of rotatable bonds is 34. The number of methoxy groups -OCH3 is 2. The van der Waals surface area contributed by atoms with Crippen LogP contribution in [0.5, 0.6) is 0 Å². The zero-order valence-corrected chi connectivity index (χ0v) is 86.9. The molecule has 0 aliphatic carbocycles. The Balaban J connectivity index is 0.000000256. The summed E-state index contributed by atoms with van der Waals surface area (Å²) in [7, 11) is 12.3. The van der Waals surface area contributed by atoms with E-state index in [1.807, 2.05) is 7.11 Å². The Morgan fingerprint density at radius 2 is 0.780 bits per heavy atom. The molecule has 11 aliphatic rings. The second-order valence-corrected chi connectivity index (χ2v) is 41.8. The van der Waals surface area contributed by atoms with Crippen molar-refractivity contribution in [2.75, 3.05) is 206 Å². The molecule has 19 nitrogen and oxygen atoms in total. The van der Waals surface area contributed by atoms with Gasteiger partial charge in [0, 0.05) is 121 Å². The zero-order chi connectivity index (χ0) is 91.1. The lowest BCUT2D eigenvalue weighted by atomic mass is 9.71. The summed E-state index contributed by atoms with van der Waals surface area (Å²) in [6.07, 6.45) is 48.1. The molecule has 11 heterocycles. The number of hydrogen-bond acceptors (Lipinski definition) is 19. The van der Waals surface area contributed by atoms with Crippen molar-refractivity contribution in [3.63, 3.8) is 0 Å². The number of ether oxygens (including phenoxy) is 2. The van der Waals surface area contributed by atoms with Gasteiger partial charge < -0.3 is 35.0 Å². The molecule has 0 bridgehead atoms. The molecule has 0 radical (unpaired) electrons. The van der Waals surface area contributed by atoms with E-state index in [1.54, 1.807) is 7.11 Å². The van der Waals surface area contributed by atoms with Crippen LogP contribution in [0.1, 0.15) is 376 Å². The van der Waals surface area contributed by atoms with Crippen LogP contribution in [0.3, 0.4) is 0 Å². The molecule has 0 aromatic rings. The van der Waals surface area contributed by atoms with Crippen LogP contribution in [-0.2, 0) is 9.47 Å². The van der Waals surface area contributed by atoms with Crippen molar-refractivity contribution in [2.45, 2.75) is 469 Å². The summed E-state index contributed by atoms with van der Waals surface area (Å²) < 4.78 is 10.9. The van der Waals surface area contributed by atoms with Gasteiger partial charge in [-0.15, -0.1) is 0 Å². The van der Waals surface area contributed by atoms with E-state index in [0.29, 0.717) is 52.4 Å².